The Bertz CT molecular complexity index is 669. The molecule has 2 aliphatic rings. The normalized spacial score (nSPS) is 18.7. The van der Waals surface area contributed by atoms with Gasteiger partial charge in [-0.3, -0.25) is 4.90 Å². The van der Waals surface area contributed by atoms with Crippen LogP contribution in [0.5, 0.6) is 5.75 Å². The molecule has 1 saturated heterocycles. The molecule has 2 aromatic rings. The molecular weight excluding hydrogens is 391 g/mol. The number of hydrogen-bond donors (Lipinski definition) is 1. The van der Waals surface area contributed by atoms with Gasteiger partial charge in [-0.15, -0.1) is 24.8 Å². The van der Waals surface area contributed by atoms with E-state index in [0.29, 0.717) is 12.6 Å². The Labute approximate surface area is 181 Å². The molecule has 0 unspecified atom stereocenters. The van der Waals surface area contributed by atoms with Gasteiger partial charge in [-0.25, -0.2) is 0 Å². The Kier molecular flexibility index (Phi) is 9.60. The number of ether oxygens (including phenoxy) is 1. The third kappa shape index (κ3) is 5.87. The van der Waals surface area contributed by atoms with Gasteiger partial charge in [0.05, 0.1) is 0 Å². The molecule has 1 saturated carbocycles. The van der Waals surface area contributed by atoms with Gasteiger partial charge in [-0.05, 0) is 42.0 Å². The van der Waals surface area contributed by atoms with Crippen LogP contribution in [0.3, 0.4) is 0 Å². The minimum absolute atomic E-state index is 0. The number of piperazine rings is 1. The van der Waals surface area contributed by atoms with E-state index in [1.807, 2.05) is 6.07 Å². The summed E-state index contributed by atoms with van der Waals surface area (Å²) < 4.78 is 5.97. The van der Waals surface area contributed by atoms with Gasteiger partial charge in [0.15, 0.2) is 0 Å². The van der Waals surface area contributed by atoms with E-state index in [-0.39, 0.29) is 24.8 Å². The second-order valence-corrected chi connectivity index (χ2v) is 7.62. The third-order valence-corrected chi connectivity index (χ3v) is 5.86. The zero-order valence-electron chi connectivity index (χ0n) is 16.4. The van der Waals surface area contributed by atoms with Crippen molar-refractivity contribution in [3.63, 3.8) is 0 Å². The van der Waals surface area contributed by atoms with E-state index in [1.165, 1.54) is 36.8 Å². The van der Waals surface area contributed by atoms with Crippen molar-refractivity contribution in [1.82, 2.24) is 10.2 Å². The average molecular weight is 423 g/mol. The van der Waals surface area contributed by atoms with Gasteiger partial charge in [-0.2, -0.15) is 0 Å². The first kappa shape index (κ1) is 23.0. The predicted molar refractivity (Wildman–Crippen MR) is 121 cm³/mol. The Balaban J connectivity index is 0.00000140. The second kappa shape index (κ2) is 11.7. The lowest BCUT2D eigenvalue weighted by atomic mass is 9.89. The molecule has 4 rings (SSSR count). The molecule has 2 fully saturated rings. The van der Waals surface area contributed by atoms with Crippen molar-refractivity contribution < 1.29 is 4.74 Å². The summed E-state index contributed by atoms with van der Waals surface area (Å²) in [4.78, 5) is 2.70. The molecule has 28 heavy (non-hydrogen) atoms. The van der Waals surface area contributed by atoms with Crippen molar-refractivity contribution in [2.45, 2.75) is 38.3 Å². The molecule has 1 aliphatic carbocycles. The maximum atomic E-state index is 5.97. The van der Waals surface area contributed by atoms with Gasteiger partial charge in [0.2, 0.25) is 0 Å². The molecule has 0 aromatic heterocycles. The molecule has 3 nitrogen and oxygen atoms in total. The van der Waals surface area contributed by atoms with Gasteiger partial charge >= 0.3 is 0 Å². The Morgan fingerprint density at radius 1 is 0.893 bits per heavy atom. The Morgan fingerprint density at radius 3 is 2.18 bits per heavy atom. The Morgan fingerprint density at radius 2 is 1.54 bits per heavy atom. The molecule has 0 spiro atoms. The summed E-state index contributed by atoms with van der Waals surface area (Å²) >= 11 is 0. The zero-order chi connectivity index (χ0) is 17.6. The van der Waals surface area contributed by atoms with Crippen LogP contribution in [0.2, 0.25) is 0 Å². The summed E-state index contributed by atoms with van der Waals surface area (Å²) in [5, 5.41) is 3.49. The number of nitrogens with one attached hydrogen (secondary N) is 1. The van der Waals surface area contributed by atoms with Crippen LogP contribution in [-0.4, -0.2) is 31.1 Å². The van der Waals surface area contributed by atoms with E-state index in [4.69, 9.17) is 4.74 Å². The first-order valence-corrected chi connectivity index (χ1v) is 10.1. The van der Waals surface area contributed by atoms with Gasteiger partial charge in [0, 0.05) is 32.2 Å². The molecule has 0 bridgehead atoms. The second-order valence-electron chi connectivity index (χ2n) is 7.62. The fraction of sp³-hybridized carbons (Fsp3) is 0.478. The molecule has 0 radical (unpaired) electrons. The maximum absolute atomic E-state index is 5.97. The van der Waals surface area contributed by atoms with Crippen LogP contribution in [0.25, 0.3) is 0 Å². The fourth-order valence-corrected chi connectivity index (χ4v) is 4.52. The standard InChI is InChI=1S/C23H30N2O.2ClH/c1-2-6-19(7-3-1)18-26-22-12-10-21(11-13-22)23(20-8-4-5-9-20)25-16-14-24-15-17-25;;/h1-3,6-7,10-13,20,23-24H,4-5,8-9,14-18H2;2*1H/t23-;;/m0../s1. The maximum Gasteiger partial charge on any atom is 0.119 e. The highest BCUT2D eigenvalue weighted by atomic mass is 35.5. The van der Waals surface area contributed by atoms with Gasteiger partial charge in [0.25, 0.3) is 0 Å². The molecule has 1 heterocycles. The lowest BCUT2D eigenvalue weighted by Crippen LogP contribution is -2.46. The summed E-state index contributed by atoms with van der Waals surface area (Å²) in [6.07, 6.45) is 5.54. The van der Waals surface area contributed by atoms with E-state index in [9.17, 15) is 0 Å². The van der Waals surface area contributed by atoms with Gasteiger partial charge in [-0.1, -0.05) is 55.3 Å². The lowest BCUT2D eigenvalue weighted by molar-refractivity contribution is 0.125. The monoisotopic (exact) mass is 422 g/mol. The first-order valence-electron chi connectivity index (χ1n) is 10.1. The topological polar surface area (TPSA) is 24.5 Å². The van der Waals surface area contributed by atoms with Crippen LogP contribution >= 0.6 is 24.8 Å². The molecule has 2 aromatic carbocycles. The van der Waals surface area contributed by atoms with E-state index < -0.39 is 0 Å². The van der Waals surface area contributed by atoms with E-state index in [0.717, 1.165) is 37.8 Å². The number of nitrogens with zero attached hydrogens (tertiary/aromatic N) is 1. The molecule has 0 amide bonds. The van der Waals surface area contributed by atoms with Crippen molar-refractivity contribution in [2.75, 3.05) is 26.2 Å². The summed E-state index contributed by atoms with van der Waals surface area (Å²) in [5.74, 6) is 1.77. The summed E-state index contributed by atoms with van der Waals surface area (Å²) in [7, 11) is 0. The number of halogens is 2. The predicted octanol–water partition coefficient (Wildman–Crippen LogP) is 5.25. The van der Waals surface area contributed by atoms with Crippen LogP contribution in [0, 0.1) is 5.92 Å². The van der Waals surface area contributed by atoms with Crippen LogP contribution in [0.15, 0.2) is 54.6 Å². The van der Waals surface area contributed by atoms with E-state index in [2.05, 4.69) is 58.7 Å². The Hall–Kier alpha value is -1.26. The van der Waals surface area contributed by atoms with Crippen LogP contribution in [0.4, 0.5) is 0 Å². The minimum Gasteiger partial charge on any atom is -0.489 e. The van der Waals surface area contributed by atoms with Crippen LogP contribution in [-0.2, 0) is 6.61 Å². The van der Waals surface area contributed by atoms with Crippen molar-refractivity contribution in [3.8, 4) is 5.75 Å². The van der Waals surface area contributed by atoms with Crippen molar-refractivity contribution in [2.24, 2.45) is 5.92 Å². The third-order valence-electron chi connectivity index (χ3n) is 5.86. The number of rotatable bonds is 6. The molecule has 1 atom stereocenters. The molecule has 1 N–H and O–H groups in total. The number of benzene rings is 2. The van der Waals surface area contributed by atoms with E-state index in [1.54, 1.807) is 0 Å². The van der Waals surface area contributed by atoms with Gasteiger partial charge in [0.1, 0.15) is 12.4 Å². The largest absolute Gasteiger partial charge is 0.489 e. The van der Waals surface area contributed by atoms with Crippen LogP contribution in [0.1, 0.15) is 42.9 Å². The number of hydrogen-bond acceptors (Lipinski definition) is 3. The van der Waals surface area contributed by atoms with Crippen molar-refractivity contribution in [3.05, 3.63) is 65.7 Å². The van der Waals surface area contributed by atoms with Crippen molar-refractivity contribution in [1.29, 1.82) is 0 Å². The summed E-state index contributed by atoms with van der Waals surface area (Å²) in [6, 6.07) is 19.8. The van der Waals surface area contributed by atoms with Crippen molar-refractivity contribution >= 4 is 24.8 Å². The quantitative estimate of drug-likeness (QED) is 0.687. The molecule has 5 heteroatoms. The van der Waals surface area contributed by atoms with E-state index >= 15 is 0 Å². The summed E-state index contributed by atoms with van der Waals surface area (Å²) in [5.41, 5.74) is 2.67. The highest BCUT2D eigenvalue weighted by Gasteiger charge is 2.31. The minimum atomic E-state index is 0. The summed E-state index contributed by atoms with van der Waals surface area (Å²) in [6.45, 7) is 5.17. The molecule has 154 valence electrons. The smallest absolute Gasteiger partial charge is 0.119 e. The highest BCUT2D eigenvalue weighted by Crippen LogP contribution is 2.40. The zero-order valence-corrected chi connectivity index (χ0v) is 18.0. The highest BCUT2D eigenvalue weighted by molar-refractivity contribution is 5.85. The SMILES string of the molecule is Cl.Cl.c1ccc(COc2ccc([C@H](C3CCCC3)N3CCNCC3)cc2)cc1. The van der Waals surface area contributed by atoms with Gasteiger partial charge < -0.3 is 10.1 Å². The molecular formula is C23H32Cl2N2O. The molecule has 1 aliphatic heterocycles. The average Bonchev–Trinajstić information content (AvgIpc) is 3.23. The van der Waals surface area contributed by atoms with Crippen LogP contribution < -0.4 is 10.1 Å². The first-order chi connectivity index (χ1) is 12.9. The fourth-order valence-electron chi connectivity index (χ4n) is 4.52. The lowest BCUT2D eigenvalue weighted by Gasteiger charge is -2.38.